The fraction of sp³-hybridized carbons (Fsp3) is 0.500. The Bertz CT molecular complexity index is 396. The number of hydrogen-bond donors (Lipinski definition) is 2. The third kappa shape index (κ3) is 3.94. The highest BCUT2D eigenvalue weighted by Gasteiger charge is 2.10. The lowest BCUT2D eigenvalue weighted by Gasteiger charge is -2.08. The molecule has 17 heavy (non-hydrogen) atoms. The van der Waals surface area contributed by atoms with Gasteiger partial charge in [0, 0.05) is 19.0 Å². The lowest BCUT2D eigenvalue weighted by Crippen LogP contribution is -2.36. The van der Waals surface area contributed by atoms with Gasteiger partial charge in [-0.15, -0.1) is 0 Å². The van der Waals surface area contributed by atoms with Gasteiger partial charge in [0.05, 0.1) is 11.8 Å². The van der Waals surface area contributed by atoms with Gasteiger partial charge in [-0.25, -0.2) is 0 Å². The first kappa shape index (κ1) is 13.3. The largest absolute Gasteiger partial charge is 0.469 e. The molecule has 0 saturated heterocycles. The Balaban J connectivity index is 2.26. The standard InChI is InChI=1S/C12H18N2O3/c1-8(2)11(15)13-5-6-14-12(16)10-4-7-17-9(10)3/h4,7-8H,5-6H2,1-3H3,(H,13,15)(H,14,16). The first-order chi connectivity index (χ1) is 8.02. The van der Waals surface area contributed by atoms with Crippen molar-refractivity contribution in [1.82, 2.24) is 10.6 Å². The highest BCUT2D eigenvalue weighted by Crippen LogP contribution is 2.07. The molecule has 1 aromatic rings. The molecule has 0 unspecified atom stereocenters. The van der Waals surface area contributed by atoms with Gasteiger partial charge < -0.3 is 15.1 Å². The van der Waals surface area contributed by atoms with Crippen molar-refractivity contribution in [1.29, 1.82) is 0 Å². The van der Waals surface area contributed by atoms with Gasteiger partial charge in [-0.1, -0.05) is 13.8 Å². The number of carbonyl (C=O) groups is 2. The molecule has 0 aliphatic rings. The fourth-order valence-corrected chi connectivity index (χ4v) is 1.28. The van der Waals surface area contributed by atoms with Crippen LogP contribution in [-0.2, 0) is 4.79 Å². The van der Waals surface area contributed by atoms with Crippen LogP contribution in [0, 0.1) is 12.8 Å². The summed E-state index contributed by atoms with van der Waals surface area (Å²) in [6.07, 6.45) is 1.48. The van der Waals surface area contributed by atoms with E-state index in [-0.39, 0.29) is 17.7 Å². The molecule has 2 N–H and O–H groups in total. The third-order valence-corrected chi connectivity index (χ3v) is 2.34. The Labute approximate surface area is 101 Å². The van der Waals surface area contributed by atoms with Crippen molar-refractivity contribution in [3.63, 3.8) is 0 Å². The summed E-state index contributed by atoms with van der Waals surface area (Å²) < 4.78 is 5.03. The highest BCUT2D eigenvalue weighted by molar-refractivity contribution is 5.95. The molecule has 0 aliphatic heterocycles. The second kappa shape index (κ2) is 6.08. The molecule has 0 aromatic carbocycles. The molecule has 94 valence electrons. The summed E-state index contributed by atoms with van der Waals surface area (Å²) in [7, 11) is 0. The van der Waals surface area contributed by atoms with E-state index in [2.05, 4.69) is 10.6 Å². The van der Waals surface area contributed by atoms with E-state index >= 15 is 0 Å². The molecule has 5 heteroatoms. The van der Waals surface area contributed by atoms with Crippen LogP contribution in [0.3, 0.4) is 0 Å². The first-order valence-corrected chi connectivity index (χ1v) is 5.62. The maximum absolute atomic E-state index is 11.6. The van der Waals surface area contributed by atoms with E-state index in [0.717, 1.165) is 0 Å². The van der Waals surface area contributed by atoms with Gasteiger partial charge in [0.25, 0.3) is 5.91 Å². The van der Waals surface area contributed by atoms with Crippen LogP contribution in [-0.4, -0.2) is 24.9 Å². The number of nitrogens with one attached hydrogen (secondary N) is 2. The molecule has 0 atom stereocenters. The molecular formula is C12H18N2O3. The fourth-order valence-electron chi connectivity index (χ4n) is 1.28. The van der Waals surface area contributed by atoms with Crippen LogP contribution < -0.4 is 10.6 Å². The summed E-state index contributed by atoms with van der Waals surface area (Å²) in [5, 5.41) is 5.43. The van der Waals surface area contributed by atoms with Crippen molar-refractivity contribution in [2.24, 2.45) is 5.92 Å². The Kier molecular flexibility index (Phi) is 4.75. The summed E-state index contributed by atoms with van der Waals surface area (Å²) in [5.41, 5.74) is 0.528. The van der Waals surface area contributed by atoms with Gasteiger partial charge in [-0.05, 0) is 13.0 Å². The summed E-state index contributed by atoms with van der Waals surface area (Å²) in [4.78, 5) is 22.9. The van der Waals surface area contributed by atoms with Gasteiger partial charge >= 0.3 is 0 Å². The minimum Gasteiger partial charge on any atom is -0.469 e. The Morgan fingerprint density at radius 2 is 1.94 bits per heavy atom. The smallest absolute Gasteiger partial charge is 0.254 e. The maximum atomic E-state index is 11.6. The van der Waals surface area contributed by atoms with Crippen molar-refractivity contribution in [2.75, 3.05) is 13.1 Å². The molecular weight excluding hydrogens is 220 g/mol. The van der Waals surface area contributed by atoms with Crippen molar-refractivity contribution in [3.8, 4) is 0 Å². The Morgan fingerprint density at radius 1 is 1.29 bits per heavy atom. The number of furan rings is 1. The maximum Gasteiger partial charge on any atom is 0.254 e. The number of aryl methyl sites for hydroxylation is 1. The summed E-state index contributed by atoms with van der Waals surface area (Å²) in [6, 6.07) is 1.62. The molecule has 0 saturated carbocycles. The lowest BCUT2D eigenvalue weighted by atomic mass is 10.2. The minimum absolute atomic E-state index is 0.0151. The SMILES string of the molecule is Cc1occc1C(=O)NCCNC(=O)C(C)C. The molecule has 0 fully saturated rings. The van der Waals surface area contributed by atoms with Gasteiger partial charge in [-0.3, -0.25) is 9.59 Å². The van der Waals surface area contributed by atoms with Gasteiger partial charge in [0.2, 0.25) is 5.91 Å². The van der Waals surface area contributed by atoms with E-state index in [1.165, 1.54) is 6.26 Å². The number of carbonyl (C=O) groups excluding carboxylic acids is 2. The quantitative estimate of drug-likeness (QED) is 0.754. The van der Waals surface area contributed by atoms with Crippen LogP contribution in [0.2, 0.25) is 0 Å². The lowest BCUT2D eigenvalue weighted by molar-refractivity contribution is -0.123. The van der Waals surface area contributed by atoms with Crippen molar-refractivity contribution >= 4 is 11.8 Å². The average Bonchev–Trinajstić information content (AvgIpc) is 2.70. The normalized spacial score (nSPS) is 10.4. The molecule has 5 nitrogen and oxygen atoms in total. The topological polar surface area (TPSA) is 71.3 Å². The van der Waals surface area contributed by atoms with E-state index in [0.29, 0.717) is 24.4 Å². The van der Waals surface area contributed by atoms with Gasteiger partial charge in [-0.2, -0.15) is 0 Å². The third-order valence-electron chi connectivity index (χ3n) is 2.34. The van der Waals surface area contributed by atoms with Crippen LogP contribution in [0.1, 0.15) is 30.0 Å². The molecule has 0 spiro atoms. The van der Waals surface area contributed by atoms with Crippen LogP contribution in [0.15, 0.2) is 16.7 Å². The van der Waals surface area contributed by atoms with E-state index in [1.54, 1.807) is 13.0 Å². The zero-order valence-electron chi connectivity index (χ0n) is 10.4. The molecule has 0 bridgehead atoms. The molecule has 1 heterocycles. The van der Waals surface area contributed by atoms with E-state index in [4.69, 9.17) is 4.42 Å². The predicted molar refractivity (Wildman–Crippen MR) is 63.6 cm³/mol. The molecule has 2 amide bonds. The van der Waals surface area contributed by atoms with Gasteiger partial charge in [0.1, 0.15) is 5.76 Å². The van der Waals surface area contributed by atoms with Crippen LogP contribution in [0.4, 0.5) is 0 Å². The summed E-state index contributed by atoms with van der Waals surface area (Å²) >= 11 is 0. The molecule has 1 rings (SSSR count). The second-order valence-corrected chi connectivity index (χ2v) is 4.09. The minimum atomic E-state index is -0.185. The Morgan fingerprint density at radius 3 is 2.47 bits per heavy atom. The average molecular weight is 238 g/mol. The van der Waals surface area contributed by atoms with E-state index in [9.17, 15) is 9.59 Å². The first-order valence-electron chi connectivity index (χ1n) is 5.62. The predicted octanol–water partition coefficient (Wildman–Crippen LogP) is 1.09. The van der Waals surface area contributed by atoms with E-state index < -0.39 is 0 Å². The zero-order valence-corrected chi connectivity index (χ0v) is 10.4. The van der Waals surface area contributed by atoms with Crippen molar-refractivity contribution in [3.05, 3.63) is 23.7 Å². The van der Waals surface area contributed by atoms with E-state index in [1.807, 2.05) is 13.8 Å². The van der Waals surface area contributed by atoms with Crippen molar-refractivity contribution in [2.45, 2.75) is 20.8 Å². The highest BCUT2D eigenvalue weighted by atomic mass is 16.3. The van der Waals surface area contributed by atoms with Crippen LogP contribution in [0.25, 0.3) is 0 Å². The zero-order chi connectivity index (χ0) is 12.8. The second-order valence-electron chi connectivity index (χ2n) is 4.09. The summed E-state index contributed by atoms with van der Waals surface area (Å²) in [6.45, 7) is 6.21. The summed E-state index contributed by atoms with van der Waals surface area (Å²) in [5.74, 6) is 0.351. The van der Waals surface area contributed by atoms with Crippen LogP contribution >= 0.6 is 0 Å². The van der Waals surface area contributed by atoms with Gasteiger partial charge in [0.15, 0.2) is 0 Å². The number of amides is 2. The number of rotatable bonds is 5. The molecule has 0 radical (unpaired) electrons. The Hall–Kier alpha value is -1.78. The van der Waals surface area contributed by atoms with Crippen LogP contribution in [0.5, 0.6) is 0 Å². The monoisotopic (exact) mass is 238 g/mol. The van der Waals surface area contributed by atoms with Crippen molar-refractivity contribution < 1.29 is 14.0 Å². The number of hydrogen-bond acceptors (Lipinski definition) is 3. The molecule has 1 aromatic heterocycles. The molecule has 0 aliphatic carbocycles.